The molecule has 0 aliphatic carbocycles. The van der Waals surface area contributed by atoms with Gasteiger partial charge in [-0.15, -0.1) is 11.6 Å². The first-order valence-electron chi connectivity index (χ1n) is 8.93. The van der Waals surface area contributed by atoms with Crippen molar-refractivity contribution < 1.29 is 14.3 Å². The average Bonchev–Trinajstić information content (AvgIpc) is 2.66. The van der Waals surface area contributed by atoms with Gasteiger partial charge in [0.2, 0.25) is 5.88 Å². The molecule has 6 nitrogen and oxygen atoms in total. The summed E-state index contributed by atoms with van der Waals surface area (Å²) in [5, 5.41) is 10.8. The number of benzene rings is 1. The first-order chi connectivity index (χ1) is 13.8. The van der Waals surface area contributed by atoms with Crippen LogP contribution in [-0.4, -0.2) is 23.4 Å². The van der Waals surface area contributed by atoms with Gasteiger partial charge in [-0.05, 0) is 44.0 Å². The van der Waals surface area contributed by atoms with Crippen molar-refractivity contribution in [2.75, 3.05) is 12.5 Å². The van der Waals surface area contributed by atoms with Crippen LogP contribution in [0.25, 0.3) is 10.9 Å². The molecule has 29 heavy (non-hydrogen) atoms. The number of carbonyl (C=O) groups excluding carboxylic acids is 1. The molecule has 0 fully saturated rings. The lowest BCUT2D eigenvalue weighted by Crippen LogP contribution is -2.27. The highest BCUT2D eigenvalue weighted by molar-refractivity contribution is 6.31. The number of ether oxygens (including phenoxy) is 2. The average molecular weight is 432 g/mol. The van der Waals surface area contributed by atoms with E-state index in [1.54, 1.807) is 6.92 Å². The number of alkyl halides is 1. The van der Waals surface area contributed by atoms with E-state index >= 15 is 0 Å². The van der Waals surface area contributed by atoms with Crippen molar-refractivity contribution >= 4 is 40.1 Å². The van der Waals surface area contributed by atoms with Crippen LogP contribution in [0.2, 0.25) is 5.15 Å². The van der Waals surface area contributed by atoms with Gasteiger partial charge in [0.25, 0.3) is 0 Å². The topological polar surface area (TPSA) is 98.2 Å². The number of halogens is 2. The second-order valence-corrected chi connectivity index (χ2v) is 7.26. The van der Waals surface area contributed by atoms with E-state index in [4.69, 9.17) is 38.4 Å². The minimum absolute atomic E-state index is 0.0507. The standard InChI is InChI=1S/C21H19Cl2N3O3/c1-4-28-21(27)18-16(8-22)29-20(25)14(9-24)17(18)13-7-12-11(3)5-10(2)6-15(12)26-19(13)23/h5-7,17H,4,8,25H2,1-3H3. The number of fused-ring (bicyclic) bond motifs is 1. The van der Waals surface area contributed by atoms with Crippen molar-refractivity contribution in [1.82, 2.24) is 4.98 Å². The molecule has 2 heterocycles. The van der Waals surface area contributed by atoms with Crippen molar-refractivity contribution in [3.05, 3.63) is 62.8 Å². The molecule has 0 spiro atoms. The summed E-state index contributed by atoms with van der Waals surface area (Å²) < 4.78 is 10.6. The van der Waals surface area contributed by atoms with Gasteiger partial charge in [-0.2, -0.15) is 5.26 Å². The van der Waals surface area contributed by atoms with Gasteiger partial charge in [0.1, 0.15) is 22.6 Å². The van der Waals surface area contributed by atoms with Gasteiger partial charge >= 0.3 is 5.97 Å². The monoisotopic (exact) mass is 431 g/mol. The molecule has 0 bridgehead atoms. The van der Waals surface area contributed by atoms with Crippen LogP contribution in [-0.2, 0) is 14.3 Å². The number of esters is 1. The third-order valence-electron chi connectivity index (χ3n) is 4.69. The number of hydrogen-bond donors (Lipinski definition) is 1. The zero-order valence-corrected chi connectivity index (χ0v) is 17.7. The molecule has 150 valence electrons. The summed E-state index contributed by atoms with van der Waals surface area (Å²) in [6, 6.07) is 7.80. The minimum Gasteiger partial charge on any atom is -0.463 e. The maximum atomic E-state index is 12.8. The van der Waals surface area contributed by atoms with Crippen molar-refractivity contribution in [3.63, 3.8) is 0 Å². The minimum atomic E-state index is -0.897. The smallest absolute Gasteiger partial charge is 0.338 e. The van der Waals surface area contributed by atoms with Crippen LogP contribution in [0.5, 0.6) is 0 Å². The number of nitrogens with two attached hydrogens (primary N) is 1. The lowest BCUT2D eigenvalue weighted by molar-refractivity contribution is -0.139. The highest BCUT2D eigenvalue weighted by atomic mass is 35.5. The van der Waals surface area contributed by atoms with E-state index in [0.29, 0.717) is 5.56 Å². The van der Waals surface area contributed by atoms with Crippen molar-refractivity contribution in [1.29, 1.82) is 5.26 Å². The van der Waals surface area contributed by atoms with Gasteiger partial charge in [-0.1, -0.05) is 17.7 Å². The summed E-state index contributed by atoms with van der Waals surface area (Å²) >= 11 is 12.5. The van der Waals surface area contributed by atoms with Crippen LogP contribution in [0.4, 0.5) is 0 Å². The summed E-state index contributed by atoms with van der Waals surface area (Å²) in [4.78, 5) is 17.3. The fraction of sp³-hybridized carbons (Fsp3) is 0.286. The molecule has 3 rings (SSSR count). The largest absolute Gasteiger partial charge is 0.463 e. The predicted molar refractivity (Wildman–Crippen MR) is 111 cm³/mol. The van der Waals surface area contributed by atoms with Gasteiger partial charge in [-0.3, -0.25) is 0 Å². The van der Waals surface area contributed by atoms with E-state index in [-0.39, 0.29) is 40.4 Å². The SMILES string of the molecule is CCOC(=O)C1=C(CCl)OC(N)=C(C#N)C1c1cc2c(C)cc(C)cc2nc1Cl. The summed E-state index contributed by atoms with van der Waals surface area (Å²) in [7, 11) is 0. The van der Waals surface area contributed by atoms with E-state index in [1.807, 2.05) is 38.1 Å². The molecule has 2 aromatic rings. The number of aromatic nitrogens is 1. The molecule has 1 aromatic carbocycles. The van der Waals surface area contributed by atoms with E-state index in [1.165, 1.54) is 0 Å². The van der Waals surface area contributed by atoms with E-state index in [0.717, 1.165) is 22.0 Å². The zero-order valence-electron chi connectivity index (χ0n) is 16.2. The Morgan fingerprint density at radius 1 is 1.38 bits per heavy atom. The molecule has 1 atom stereocenters. The molecule has 0 radical (unpaired) electrons. The molecule has 1 aliphatic rings. The summed E-state index contributed by atoms with van der Waals surface area (Å²) in [6.07, 6.45) is 0. The maximum absolute atomic E-state index is 12.8. The third kappa shape index (κ3) is 3.76. The van der Waals surface area contributed by atoms with Crippen LogP contribution in [0, 0.1) is 25.2 Å². The van der Waals surface area contributed by atoms with Gasteiger partial charge in [-0.25, -0.2) is 9.78 Å². The fourth-order valence-electron chi connectivity index (χ4n) is 3.49. The predicted octanol–water partition coefficient (Wildman–Crippen LogP) is 4.37. The number of nitrogens with zero attached hydrogens (tertiary/aromatic N) is 2. The van der Waals surface area contributed by atoms with Gasteiger partial charge in [0.15, 0.2) is 0 Å². The highest BCUT2D eigenvalue weighted by Crippen LogP contribution is 2.43. The Balaban J connectivity index is 2.33. The molecular formula is C21H19Cl2N3O3. The lowest BCUT2D eigenvalue weighted by atomic mass is 9.83. The van der Waals surface area contributed by atoms with Crippen molar-refractivity contribution in [2.24, 2.45) is 5.73 Å². The van der Waals surface area contributed by atoms with Crippen LogP contribution in [0.1, 0.15) is 29.5 Å². The Morgan fingerprint density at radius 3 is 2.72 bits per heavy atom. The van der Waals surface area contributed by atoms with Crippen molar-refractivity contribution in [2.45, 2.75) is 26.7 Å². The second-order valence-electron chi connectivity index (χ2n) is 6.63. The number of pyridine rings is 1. The zero-order chi connectivity index (χ0) is 21.3. The Kier molecular flexibility index (Phi) is 6.02. The molecule has 0 saturated carbocycles. The van der Waals surface area contributed by atoms with Crippen LogP contribution >= 0.6 is 23.2 Å². The number of hydrogen-bond acceptors (Lipinski definition) is 6. The Labute approximate surface area is 178 Å². The first-order valence-corrected chi connectivity index (χ1v) is 9.84. The van der Waals surface area contributed by atoms with E-state index in [9.17, 15) is 10.1 Å². The Morgan fingerprint density at radius 2 is 2.10 bits per heavy atom. The van der Waals surface area contributed by atoms with Crippen LogP contribution in [0.3, 0.4) is 0 Å². The fourth-order valence-corrected chi connectivity index (χ4v) is 3.94. The molecule has 8 heteroatoms. The van der Waals surface area contributed by atoms with Gasteiger partial charge in [0, 0.05) is 10.9 Å². The molecule has 0 saturated heterocycles. The Hall–Kier alpha value is -2.75. The molecule has 2 N–H and O–H groups in total. The first kappa shape index (κ1) is 21.0. The Bertz CT molecular complexity index is 1120. The molecule has 1 unspecified atom stereocenters. The van der Waals surface area contributed by atoms with E-state index in [2.05, 4.69) is 4.98 Å². The quantitative estimate of drug-likeness (QED) is 0.438. The highest BCUT2D eigenvalue weighted by Gasteiger charge is 2.38. The normalized spacial score (nSPS) is 16.6. The number of allylic oxidation sites excluding steroid dienone is 2. The van der Waals surface area contributed by atoms with Crippen molar-refractivity contribution in [3.8, 4) is 6.07 Å². The van der Waals surface area contributed by atoms with Crippen LogP contribution in [0.15, 0.2) is 41.0 Å². The number of nitriles is 1. The summed E-state index contributed by atoms with van der Waals surface area (Å²) in [5.41, 5.74) is 9.33. The number of rotatable bonds is 4. The summed E-state index contributed by atoms with van der Waals surface area (Å²) in [6.45, 7) is 5.76. The molecule has 1 aromatic heterocycles. The van der Waals surface area contributed by atoms with Gasteiger partial charge in [0.05, 0.1) is 29.5 Å². The molecular weight excluding hydrogens is 413 g/mol. The van der Waals surface area contributed by atoms with Gasteiger partial charge < -0.3 is 15.2 Å². The second kappa shape index (κ2) is 8.32. The number of carbonyl (C=O) groups is 1. The number of aryl methyl sites for hydroxylation is 2. The summed E-state index contributed by atoms with van der Waals surface area (Å²) in [5.74, 6) is -1.67. The molecule has 1 aliphatic heterocycles. The van der Waals surface area contributed by atoms with Crippen LogP contribution < -0.4 is 5.73 Å². The molecule has 0 amide bonds. The lowest BCUT2D eigenvalue weighted by Gasteiger charge is -2.28. The third-order valence-corrected chi connectivity index (χ3v) is 5.24. The maximum Gasteiger partial charge on any atom is 0.338 e. The van der Waals surface area contributed by atoms with E-state index < -0.39 is 11.9 Å².